The lowest BCUT2D eigenvalue weighted by molar-refractivity contribution is 0.391. The van der Waals surface area contributed by atoms with Crippen LogP contribution in [0.1, 0.15) is 11.5 Å². The zero-order valence-electron chi connectivity index (χ0n) is 12.5. The number of aromatic nitrogens is 4. The lowest BCUT2D eigenvalue weighted by Crippen LogP contribution is -1.86. The molecule has 114 valence electrons. The number of rotatable bonds is 3. The Morgan fingerprint density at radius 3 is 2.43 bits per heavy atom. The molecule has 1 aromatic carbocycles. The van der Waals surface area contributed by atoms with Crippen LogP contribution in [0.3, 0.4) is 0 Å². The van der Waals surface area contributed by atoms with Crippen LogP contribution in [0, 0.1) is 13.8 Å². The van der Waals surface area contributed by atoms with E-state index in [1.807, 2.05) is 37.3 Å². The molecule has 0 aliphatic rings. The zero-order valence-corrected chi connectivity index (χ0v) is 12.5. The highest BCUT2D eigenvalue weighted by Gasteiger charge is 2.23. The first-order valence-corrected chi connectivity index (χ1v) is 7.02. The smallest absolute Gasteiger partial charge is 0.258 e. The van der Waals surface area contributed by atoms with Crippen molar-refractivity contribution < 1.29 is 13.6 Å². The lowest BCUT2D eigenvalue weighted by Gasteiger charge is -1.93. The van der Waals surface area contributed by atoms with Gasteiger partial charge in [0.2, 0.25) is 5.82 Å². The normalized spacial score (nSPS) is 11.0. The summed E-state index contributed by atoms with van der Waals surface area (Å²) in [7, 11) is 0. The quantitative estimate of drug-likeness (QED) is 0.570. The van der Waals surface area contributed by atoms with Gasteiger partial charge in [-0.3, -0.25) is 0 Å². The van der Waals surface area contributed by atoms with Crippen LogP contribution in [0.2, 0.25) is 0 Å². The van der Waals surface area contributed by atoms with Crippen LogP contribution >= 0.6 is 0 Å². The molecule has 4 aromatic rings. The van der Waals surface area contributed by atoms with Crippen LogP contribution in [0.5, 0.6) is 0 Å². The zero-order chi connectivity index (χ0) is 15.8. The van der Waals surface area contributed by atoms with Crippen LogP contribution in [0.4, 0.5) is 0 Å². The van der Waals surface area contributed by atoms with Crippen molar-refractivity contribution in [3.63, 3.8) is 0 Å². The second-order valence-corrected chi connectivity index (χ2v) is 5.07. The van der Waals surface area contributed by atoms with E-state index in [2.05, 4.69) is 20.5 Å². The molecule has 3 aromatic heterocycles. The number of hydrogen-bond donors (Lipinski definition) is 0. The van der Waals surface area contributed by atoms with Crippen LogP contribution in [0.25, 0.3) is 34.2 Å². The second-order valence-electron chi connectivity index (χ2n) is 5.07. The highest BCUT2D eigenvalue weighted by molar-refractivity contribution is 5.77. The van der Waals surface area contributed by atoms with E-state index in [4.69, 9.17) is 13.6 Å². The lowest BCUT2D eigenvalue weighted by atomic mass is 10.1. The van der Waals surface area contributed by atoms with Gasteiger partial charge >= 0.3 is 0 Å². The molecule has 0 bridgehead atoms. The molecule has 0 radical (unpaired) electrons. The largest absolute Gasteiger partial charge is 0.361 e. The molecular weight excluding hydrogens is 296 g/mol. The first kappa shape index (κ1) is 13.4. The van der Waals surface area contributed by atoms with E-state index in [0.29, 0.717) is 40.2 Å². The number of aryl methyl sites for hydroxylation is 2. The van der Waals surface area contributed by atoms with Crippen LogP contribution in [-0.4, -0.2) is 20.5 Å². The topological polar surface area (TPSA) is 91.0 Å². The molecule has 0 atom stereocenters. The van der Waals surface area contributed by atoms with Gasteiger partial charge in [0, 0.05) is 11.6 Å². The van der Waals surface area contributed by atoms with Gasteiger partial charge in [-0.2, -0.15) is 4.98 Å². The van der Waals surface area contributed by atoms with E-state index in [1.54, 1.807) is 13.0 Å². The summed E-state index contributed by atoms with van der Waals surface area (Å²) < 4.78 is 15.7. The fourth-order valence-corrected chi connectivity index (χ4v) is 2.31. The van der Waals surface area contributed by atoms with E-state index < -0.39 is 0 Å². The van der Waals surface area contributed by atoms with Gasteiger partial charge in [0.05, 0.1) is 5.56 Å². The van der Waals surface area contributed by atoms with Crippen molar-refractivity contribution in [1.82, 2.24) is 20.5 Å². The van der Waals surface area contributed by atoms with Gasteiger partial charge in [-0.05, 0) is 26.0 Å². The summed E-state index contributed by atoms with van der Waals surface area (Å²) >= 11 is 0. The molecule has 0 saturated carbocycles. The average Bonchev–Trinajstić information content (AvgIpc) is 3.27. The minimum Gasteiger partial charge on any atom is -0.361 e. The molecule has 7 nitrogen and oxygen atoms in total. The van der Waals surface area contributed by atoms with Crippen molar-refractivity contribution in [2.75, 3.05) is 0 Å². The van der Waals surface area contributed by atoms with E-state index in [9.17, 15) is 0 Å². The van der Waals surface area contributed by atoms with Crippen molar-refractivity contribution >= 4 is 0 Å². The fraction of sp³-hybridized carbons (Fsp3) is 0.125. The summed E-state index contributed by atoms with van der Waals surface area (Å²) in [5, 5.41) is 12.0. The molecule has 0 N–H and O–H groups in total. The van der Waals surface area contributed by atoms with Gasteiger partial charge < -0.3 is 13.6 Å². The van der Waals surface area contributed by atoms with Crippen LogP contribution < -0.4 is 0 Å². The van der Waals surface area contributed by atoms with Crippen molar-refractivity contribution in [2.24, 2.45) is 0 Å². The van der Waals surface area contributed by atoms with E-state index in [1.165, 1.54) is 0 Å². The third kappa shape index (κ3) is 2.32. The minimum absolute atomic E-state index is 0.401. The maximum absolute atomic E-state index is 5.35. The maximum Gasteiger partial charge on any atom is 0.258 e. The predicted molar refractivity (Wildman–Crippen MR) is 80.2 cm³/mol. The van der Waals surface area contributed by atoms with Crippen molar-refractivity contribution in [2.45, 2.75) is 13.8 Å². The predicted octanol–water partition coefficient (Wildman–Crippen LogP) is 3.66. The molecule has 0 aliphatic carbocycles. The molecule has 0 unspecified atom stereocenters. The Kier molecular flexibility index (Phi) is 3.04. The molecule has 3 heterocycles. The summed E-state index contributed by atoms with van der Waals surface area (Å²) in [6.07, 6.45) is 0. The third-order valence-electron chi connectivity index (χ3n) is 3.40. The number of nitrogens with zero attached hydrogens (tertiary/aromatic N) is 4. The van der Waals surface area contributed by atoms with Crippen molar-refractivity contribution in [3.05, 3.63) is 47.9 Å². The SMILES string of the molecule is Cc1cc(-c2noc(C)c2-c2noc(-c3ccccc3)n2)no1. The Hall–Kier alpha value is -3.22. The second kappa shape index (κ2) is 5.20. The first-order valence-electron chi connectivity index (χ1n) is 7.02. The summed E-state index contributed by atoms with van der Waals surface area (Å²) in [6.45, 7) is 3.60. The fourth-order valence-electron chi connectivity index (χ4n) is 2.31. The Morgan fingerprint density at radius 1 is 0.870 bits per heavy atom. The van der Waals surface area contributed by atoms with E-state index >= 15 is 0 Å². The molecule has 0 aliphatic heterocycles. The summed E-state index contributed by atoms with van der Waals surface area (Å²) in [4.78, 5) is 4.44. The number of benzene rings is 1. The summed E-state index contributed by atoms with van der Waals surface area (Å²) in [6, 6.07) is 11.3. The molecular formula is C16H12N4O3. The van der Waals surface area contributed by atoms with E-state index in [-0.39, 0.29) is 0 Å². The van der Waals surface area contributed by atoms with Gasteiger partial charge in [-0.1, -0.05) is 33.7 Å². The third-order valence-corrected chi connectivity index (χ3v) is 3.40. The average molecular weight is 308 g/mol. The highest BCUT2D eigenvalue weighted by atomic mass is 16.5. The Balaban J connectivity index is 1.80. The van der Waals surface area contributed by atoms with Crippen LogP contribution in [0.15, 0.2) is 50.0 Å². The molecule has 7 heteroatoms. The van der Waals surface area contributed by atoms with Gasteiger partial charge in [0.15, 0.2) is 0 Å². The number of hydrogen-bond acceptors (Lipinski definition) is 7. The van der Waals surface area contributed by atoms with Gasteiger partial charge in [-0.25, -0.2) is 0 Å². The first-order chi connectivity index (χ1) is 11.2. The minimum atomic E-state index is 0.401. The van der Waals surface area contributed by atoms with Gasteiger partial charge in [-0.15, -0.1) is 0 Å². The summed E-state index contributed by atoms with van der Waals surface area (Å²) in [5.41, 5.74) is 2.59. The summed E-state index contributed by atoms with van der Waals surface area (Å²) in [5.74, 6) is 2.10. The molecule has 23 heavy (non-hydrogen) atoms. The monoisotopic (exact) mass is 308 g/mol. The molecule has 0 spiro atoms. The molecule has 0 saturated heterocycles. The Labute approximate surface area is 130 Å². The standard InChI is InChI=1S/C16H12N4O3/c1-9-8-12(18-21-9)14-13(10(2)22-19-14)15-17-16(23-20-15)11-6-4-3-5-7-11/h3-8H,1-2H3. The highest BCUT2D eigenvalue weighted by Crippen LogP contribution is 2.33. The molecule has 0 amide bonds. The van der Waals surface area contributed by atoms with Crippen molar-refractivity contribution in [3.8, 4) is 34.2 Å². The van der Waals surface area contributed by atoms with Gasteiger partial charge in [0.1, 0.15) is 22.9 Å². The Bertz CT molecular complexity index is 953. The van der Waals surface area contributed by atoms with Crippen LogP contribution in [-0.2, 0) is 0 Å². The van der Waals surface area contributed by atoms with Gasteiger partial charge in [0.25, 0.3) is 5.89 Å². The molecule has 0 fully saturated rings. The van der Waals surface area contributed by atoms with Crippen molar-refractivity contribution in [1.29, 1.82) is 0 Å². The molecule has 4 rings (SSSR count). The Morgan fingerprint density at radius 2 is 1.70 bits per heavy atom. The maximum atomic E-state index is 5.35. The van der Waals surface area contributed by atoms with E-state index in [0.717, 1.165) is 5.56 Å².